The molecule has 33 heavy (non-hydrogen) atoms. The van der Waals surface area contributed by atoms with Crippen molar-refractivity contribution in [2.24, 2.45) is 11.3 Å². The molecule has 7 nitrogen and oxygen atoms in total. The van der Waals surface area contributed by atoms with Crippen LogP contribution in [-0.4, -0.2) is 48.0 Å². The van der Waals surface area contributed by atoms with Crippen LogP contribution in [-0.2, 0) is 28.9 Å². The largest absolute Gasteiger partial charge is 0.462 e. The Morgan fingerprint density at radius 3 is 2.82 bits per heavy atom. The number of carbonyl (C=O) groups is 2. The van der Waals surface area contributed by atoms with E-state index < -0.39 is 0 Å². The number of carbonyl (C=O) groups excluding carboxylic acids is 2. The lowest BCUT2D eigenvalue weighted by molar-refractivity contribution is 0.0151. The van der Waals surface area contributed by atoms with E-state index >= 15 is 0 Å². The zero-order valence-electron chi connectivity index (χ0n) is 19.6. The van der Waals surface area contributed by atoms with Crippen LogP contribution in [0.4, 0.5) is 0 Å². The van der Waals surface area contributed by atoms with Gasteiger partial charge in [-0.1, -0.05) is 25.4 Å². The van der Waals surface area contributed by atoms with Crippen LogP contribution < -0.4 is 5.32 Å². The topological polar surface area (TPSA) is 82.5 Å². The molecular weight excluding hydrogens is 442 g/mol. The lowest BCUT2D eigenvalue weighted by Gasteiger charge is -2.36. The van der Waals surface area contributed by atoms with Crippen molar-refractivity contribution in [1.82, 2.24) is 15.1 Å². The van der Waals surface area contributed by atoms with E-state index in [9.17, 15) is 9.59 Å². The Labute approximate surface area is 199 Å². The van der Waals surface area contributed by atoms with Crippen molar-refractivity contribution in [1.29, 1.82) is 0 Å². The van der Waals surface area contributed by atoms with Crippen LogP contribution in [0.15, 0.2) is 18.2 Å². The first kappa shape index (κ1) is 23.8. The Kier molecular flexibility index (Phi) is 7.10. The Hall–Kier alpha value is -2.38. The molecule has 0 bridgehead atoms. The third-order valence-electron chi connectivity index (χ3n) is 6.80. The number of hydrogen-bond donors (Lipinski definition) is 1. The number of halogens is 1. The van der Waals surface area contributed by atoms with Crippen molar-refractivity contribution in [3.05, 3.63) is 51.3 Å². The number of aromatic nitrogens is 2. The van der Waals surface area contributed by atoms with Crippen LogP contribution in [0.25, 0.3) is 0 Å². The zero-order valence-corrected chi connectivity index (χ0v) is 20.3. The molecule has 1 aromatic carbocycles. The van der Waals surface area contributed by atoms with Crippen LogP contribution in [0.2, 0.25) is 5.02 Å². The number of amides is 1. The summed E-state index contributed by atoms with van der Waals surface area (Å²) in [6, 6.07) is 5.14. The maximum absolute atomic E-state index is 13.0. The summed E-state index contributed by atoms with van der Waals surface area (Å²) >= 11 is 5.99. The lowest BCUT2D eigenvalue weighted by atomic mass is 9.76. The van der Waals surface area contributed by atoms with Gasteiger partial charge in [0, 0.05) is 37.2 Å². The molecule has 0 unspecified atom stereocenters. The van der Waals surface area contributed by atoms with E-state index in [0.29, 0.717) is 30.1 Å². The molecule has 1 amide bonds. The van der Waals surface area contributed by atoms with Gasteiger partial charge in [-0.3, -0.25) is 9.48 Å². The summed E-state index contributed by atoms with van der Waals surface area (Å²) in [7, 11) is 0. The number of fused-ring (bicyclic) bond motifs is 1. The quantitative estimate of drug-likeness (QED) is 0.641. The summed E-state index contributed by atoms with van der Waals surface area (Å²) in [5.74, 6) is -0.355. The number of nitrogens with zero attached hydrogens (tertiary/aromatic N) is 2. The predicted octanol–water partition coefficient (Wildman–Crippen LogP) is 3.98. The van der Waals surface area contributed by atoms with Crippen LogP contribution in [0.1, 0.15) is 64.4 Å². The van der Waals surface area contributed by atoms with Crippen LogP contribution in [0, 0.1) is 18.3 Å². The van der Waals surface area contributed by atoms with Gasteiger partial charge < -0.3 is 14.8 Å². The molecule has 178 valence electrons. The molecule has 1 aromatic heterocycles. The average molecular weight is 474 g/mol. The van der Waals surface area contributed by atoms with E-state index in [2.05, 4.69) is 5.32 Å². The van der Waals surface area contributed by atoms with E-state index in [-0.39, 0.29) is 29.8 Å². The van der Waals surface area contributed by atoms with E-state index in [1.54, 1.807) is 18.2 Å². The zero-order chi connectivity index (χ0) is 23.6. The molecule has 0 aliphatic carbocycles. The van der Waals surface area contributed by atoms with E-state index in [1.165, 1.54) is 0 Å². The molecule has 8 heteroatoms. The third-order valence-corrected chi connectivity index (χ3v) is 7.04. The van der Waals surface area contributed by atoms with Crippen molar-refractivity contribution < 1.29 is 19.1 Å². The van der Waals surface area contributed by atoms with Crippen LogP contribution in [0.5, 0.6) is 0 Å². The van der Waals surface area contributed by atoms with E-state index in [4.69, 9.17) is 26.2 Å². The Morgan fingerprint density at radius 1 is 1.36 bits per heavy atom. The van der Waals surface area contributed by atoms with Gasteiger partial charge in [0.25, 0.3) is 5.91 Å². The van der Waals surface area contributed by atoms with E-state index in [1.807, 2.05) is 25.5 Å². The van der Waals surface area contributed by atoms with E-state index in [0.717, 1.165) is 55.0 Å². The fourth-order valence-corrected chi connectivity index (χ4v) is 5.05. The van der Waals surface area contributed by atoms with Gasteiger partial charge in [-0.2, -0.15) is 5.10 Å². The number of hydrogen-bond acceptors (Lipinski definition) is 5. The molecule has 1 saturated heterocycles. The van der Waals surface area contributed by atoms with Crippen LogP contribution in [0.3, 0.4) is 0 Å². The normalized spacial score (nSPS) is 18.4. The van der Waals surface area contributed by atoms with Gasteiger partial charge in [0.2, 0.25) is 0 Å². The van der Waals surface area contributed by atoms with Gasteiger partial charge in [0.05, 0.1) is 29.1 Å². The first-order valence-corrected chi connectivity index (χ1v) is 12.1. The standard InChI is InChI=1S/C25H32ClN3O4/c1-4-20-22-21(12-25(15-27-23(22)30)7-9-32-10-8-25)29(28-20)13-16(2)14-33-24(31)19-6-5-18(26)11-17(19)3/h5-6,11,16H,4,7-10,12-15H2,1-3H3,(H,27,30)/t16-/m1/s1. The summed E-state index contributed by atoms with van der Waals surface area (Å²) in [6.45, 7) is 8.84. The average Bonchev–Trinajstić information content (AvgIpc) is 3.06. The van der Waals surface area contributed by atoms with Gasteiger partial charge in [-0.05, 0) is 61.8 Å². The van der Waals surface area contributed by atoms with Crippen LogP contribution >= 0.6 is 11.6 Å². The predicted molar refractivity (Wildman–Crippen MR) is 126 cm³/mol. The molecule has 4 rings (SSSR count). The van der Waals surface area contributed by atoms with Crippen molar-refractivity contribution in [3.63, 3.8) is 0 Å². The third kappa shape index (κ3) is 5.09. The first-order valence-electron chi connectivity index (χ1n) is 11.7. The maximum Gasteiger partial charge on any atom is 0.338 e. The molecule has 1 N–H and O–H groups in total. The Morgan fingerprint density at radius 2 is 2.12 bits per heavy atom. The SMILES string of the molecule is CCc1nn(C[C@@H](C)COC(=O)c2ccc(Cl)cc2C)c2c1C(=O)NCC1(CCOCC1)C2. The summed E-state index contributed by atoms with van der Waals surface area (Å²) < 4.78 is 13.2. The number of aryl methyl sites for hydroxylation is 2. The first-order chi connectivity index (χ1) is 15.8. The molecule has 2 aliphatic rings. The van der Waals surface area contributed by atoms with Gasteiger partial charge in [0.1, 0.15) is 0 Å². The highest BCUT2D eigenvalue weighted by Gasteiger charge is 2.39. The fourth-order valence-electron chi connectivity index (χ4n) is 4.82. The second-order valence-electron chi connectivity index (χ2n) is 9.44. The van der Waals surface area contributed by atoms with Crippen molar-refractivity contribution >= 4 is 23.5 Å². The molecular formula is C25H32ClN3O4. The van der Waals surface area contributed by atoms with Gasteiger partial charge in [-0.25, -0.2) is 4.79 Å². The molecule has 0 radical (unpaired) electrons. The molecule has 3 heterocycles. The van der Waals surface area contributed by atoms with Gasteiger partial charge in [-0.15, -0.1) is 0 Å². The number of benzene rings is 1. The molecule has 2 aromatic rings. The number of nitrogens with one attached hydrogen (secondary N) is 1. The number of esters is 1. The minimum atomic E-state index is -0.356. The summed E-state index contributed by atoms with van der Waals surface area (Å²) in [4.78, 5) is 25.5. The Balaban J connectivity index is 1.50. The summed E-state index contributed by atoms with van der Waals surface area (Å²) in [6.07, 6.45) is 3.34. The molecule has 0 saturated carbocycles. The van der Waals surface area contributed by atoms with Crippen molar-refractivity contribution in [2.45, 2.75) is 53.0 Å². The summed E-state index contributed by atoms with van der Waals surface area (Å²) in [5.41, 5.74) is 3.86. The molecule has 1 fully saturated rings. The monoisotopic (exact) mass is 473 g/mol. The summed E-state index contributed by atoms with van der Waals surface area (Å²) in [5, 5.41) is 8.53. The smallest absolute Gasteiger partial charge is 0.338 e. The highest BCUT2D eigenvalue weighted by atomic mass is 35.5. The number of rotatable bonds is 6. The maximum atomic E-state index is 13.0. The highest BCUT2D eigenvalue weighted by molar-refractivity contribution is 6.30. The lowest BCUT2D eigenvalue weighted by Crippen LogP contribution is -2.41. The highest BCUT2D eigenvalue weighted by Crippen LogP contribution is 2.37. The second-order valence-corrected chi connectivity index (χ2v) is 9.88. The van der Waals surface area contributed by atoms with Gasteiger partial charge in [0.15, 0.2) is 0 Å². The fraction of sp³-hybridized carbons (Fsp3) is 0.560. The molecule has 1 atom stereocenters. The minimum absolute atomic E-state index is 0.00374. The van der Waals surface area contributed by atoms with Crippen molar-refractivity contribution in [3.8, 4) is 0 Å². The van der Waals surface area contributed by atoms with Gasteiger partial charge >= 0.3 is 5.97 Å². The Bertz CT molecular complexity index is 1040. The minimum Gasteiger partial charge on any atom is -0.462 e. The molecule has 2 aliphatic heterocycles. The molecule has 1 spiro atoms. The number of ether oxygens (including phenoxy) is 2. The second kappa shape index (κ2) is 9.85. The van der Waals surface area contributed by atoms with Crippen molar-refractivity contribution in [2.75, 3.05) is 26.4 Å².